The average molecular weight is 199 g/mol. The van der Waals surface area contributed by atoms with Crippen molar-refractivity contribution in [2.75, 3.05) is 7.05 Å². The van der Waals surface area contributed by atoms with Crippen LogP contribution in [-0.2, 0) is 0 Å². The van der Waals surface area contributed by atoms with Crippen LogP contribution in [0, 0.1) is 5.41 Å². The molecule has 0 saturated heterocycles. The van der Waals surface area contributed by atoms with E-state index in [2.05, 4.69) is 17.6 Å². The Bertz CT molecular complexity index is 184. The topological polar surface area (TPSA) is 12.4 Å². The molecule has 0 rings (SSSR count). The second-order valence-corrected chi connectivity index (χ2v) is 3.71. The van der Waals surface area contributed by atoms with E-state index in [4.69, 9.17) is 0 Å². The van der Waals surface area contributed by atoms with E-state index in [1.807, 2.05) is 0 Å². The van der Waals surface area contributed by atoms with Crippen LogP contribution in [0.25, 0.3) is 0 Å². The lowest BCUT2D eigenvalue weighted by Crippen LogP contribution is -2.33. The zero-order valence-corrected chi connectivity index (χ0v) is 8.13. The fourth-order valence-electron chi connectivity index (χ4n) is 0.575. The van der Waals surface area contributed by atoms with E-state index in [0.717, 1.165) is 13.8 Å². The number of hydrogen-bond acceptors (Lipinski definition) is 1. The molecule has 0 bridgehead atoms. The van der Waals surface area contributed by atoms with Gasteiger partial charge in [-0.25, -0.2) is 0 Å². The van der Waals surface area contributed by atoms with Crippen LogP contribution in [0.1, 0.15) is 20.3 Å². The lowest BCUT2D eigenvalue weighted by Gasteiger charge is -2.26. The third-order valence-electron chi connectivity index (χ3n) is 1.63. The van der Waals surface area contributed by atoms with E-state index in [1.165, 1.54) is 7.05 Å². The van der Waals surface area contributed by atoms with Crippen molar-refractivity contribution in [2.24, 2.45) is 10.4 Å². The molecular formula is C7H12F3NS. The molecule has 0 aromatic heterocycles. The van der Waals surface area contributed by atoms with Crippen molar-refractivity contribution in [1.29, 1.82) is 0 Å². The van der Waals surface area contributed by atoms with E-state index in [9.17, 15) is 13.2 Å². The first-order valence-electron chi connectivity index (χ1n) is 3.42. The first-order valence-corrected chi connectivity index (χ1v) is 3.87. The van der Waals surface area contributed by atoms with Crippen LogP contribution in [-0.4, -0.2) is 18.3 Å². The molecule has 0 heterocycles. The smallest absolute Gasteiger partial charge is 0.286 e. The summed E-state index contributed by atoms with van der Waals surface area (Å²) >= 11 is 3.81. The Balaban J connectivity index is 4.44. The Labute approximate surface area is 75.5 Å². The van der Waals surface area contributed by atoms with Crippen molar-refractivity contribution < 1.29 is 13.2 Å². The Morgan fingerprint density at radius 3 is 2.00 bits per heavy atom. The molecule has 5 heteroatoms. The number of thiol groups is 1. The zero-order chi connectivity index (χ0) is 9.99. The highest BCUT2D eigenvalue weighted by Gasteiger charge is 2.47. The second kappa shape index (κ2) is 3.68. The maximum atomic E-state index is 12.2. The van der Waals surface area contributed by atoms with E-state index in [1.54, 1.807) is 0 Å². The Kier molecular flexibility index (Phi) is 3.62. The van der Waals surface area contributed by atoms with Gasteiger partial charge in [0.25, 0.3) is 0 Å². The predicted molar refractivity (Wildman–Crippen MR) is 46.8 cm³/mol. The molecule has 0 aromatic rings. The summed E-state index contributed by atoms with van der Waals surface area (Å²) in [7, 11) is 1.43. The SMILES string of the molecule is C/N=C(\S)CC(C)(C)C(F)(F)F. The molecule has 0 aromatic carbocycles. The minimum Gasteiger partial charge on any atom is -0.286 e. The van der Waals surface area contributed by atoms with Crippen LogP contribution in [0.15, 0.2) is 4.99 Å². The summed E-state index contributed by atoms with van der Waals surface area (Å²) in [6.07, 6.45) is -4.37. The molecule has 0 saturated carbocycles. The minimum atomic E-state index is -4.20. The summed E-state index contributed by atoms with van der Waals surface area (Å²) in [5.41, 5.74) is -1.75. The van der Waals surface area contributed by atoms with Gasteiger partial charge in [-0.3, -0.25) is 4.99 Å². The Hall–Kier alpha value is -0.190. The standard InChI is InChI=1S/C7H12F3NS/c1-6(2,7(8,9)10)4-5(12)11-3/h4H2,1-3H3,(H,11,12). The molecule has 0 aliphatic rings. The molecule has 0 radical (unpaired) electrons. The third kappa shape index (κ3) is 3.05. The number of aliphatic imine (C=N–C) groups is 1. The molecule has 0 aliphatic heterocycles. The van der Waals surface area contributed by atoms with E-state index in [-0.39, 0.29) is 11.5 Å². The Morgan fingerprint density at radius 2 is 1.75 bits per heavy atom. The highest BCUT2D eigenvalue weighted by molar-refractivity contribution is 7.97. The first kappa shape index (κ1) is 11.8. The van der Waals surface area contributed by atoms with Crippen molar-refractivity contribution in [3.05, 3.63) is 0 Å². The van der Waals surface area contributed by atoms with Gasteiger partial charge in [-0.2, -0.15) is 13.2 Å². The molecule has 12 heavy (non-hydrogen) atoms. The maximum Gasteiger partial charge on any atom is 0.394 e. The molecule has 0 amide bonds. The fourth-order valence-corrected chi connectivity index (χ4v) is 0.970. The van der Waals surface area contributed by atoms with Gasteiger partial charge < -0.3 is 0 Å². The van der Waals surface area contributed by atoms with Gasteiger partial charge >= 0.3 is 6.18 Å². The monoisotopic (exact) mass is 199 g/mol. The molecule has 0 N–H and O–H groups in total. The van der Waals surface area contributed by atoms with Gasteiger partial charge in [0.2, 0.25) is 0 Å². The zero-order valence-electron chi connectivity index (χ0n) is 7.24. The highest BCUT2D eigenvalue weighted by Crippen LogP contribution is 2.40. The van der Waals surface area contributed by atoms with Gasteiger partial charge in [0.15, 0.2) is 0 Å². The van der Waals surface area contributed by atoms with Crippen LogP contribution in [0.2, 0.25) is 0 Å². The van der Waals surface area contributed by atoms with Gasteiger partial charge in [0.05, 0.1) is 10.5 Å². The van der Waals surface area contributed by atoms with Gasteiger partial charge in [0, 0.05) is 13.5 Å². The van der Waals surface area contributed by atoms with Gasteiger partial charge in [-0.1, -0.05) is 13.8 Å². The molecule has 0 spiro atoms. The normalized spacial score (nSPS) is 15.1. The van der Waals surface area contributed by atoms with E-state index in [0.29, 0.717) is 0 Å². The van der Waals surface area contributed by atoms with Crippen LogP contribution in [0.4, 0.5) is 13.2 Å². The number of halogens is 3. The molecule has 0 unspecified atom stereocenters. The summed E-state index contributed by atoms with van der Waals surface area (Å²) in [6, 6.07) is 0. The molecule has 1 nitrogen and oxygen atoms in total. The average Bonchev–Trinajstić information content (AvgIpc) is 1.84. The summed E-state index contributed by atoms with van der Waals surface area (Å²) in [5, 5.41) is 0.220. The molecule has 0 atom stereocenters. The quantitative estimate of drug-likeness (QED) is 0.399. The summed E-state index contributed by atoms with van der Waals surface area (Å²) < 4.78 is 36.7. The maximum absolute atomic E-state index is 12.2. The lowest BCUT2D eigenvalue weighted by atomic mass is 9.89. The first-order chi connectivity index (χ1) is 5.20. The summed E-state index contributed by atoms with van der Waals surface area (Å²) in [6.45, 7) is 2.27. The molecular weight excluding hydrogens is 187 g/mol. The van der Waals surface area contributed by atoms with Gasteiger partial charge in [-0.05, 0) is 0 Å². The van der Waals surface area contributed by atoms with Crippen molar-refractivity contribution in [3.63, 3.8) is 0 Å². The molecule has 0 fully saturated rings. The van der Waals surface area contributed by atoms with Crippen molar-refractivity contribution in [2.45, 2.75) is 26.4 Å². The van der Waals surface area contributed by atoms with E-state index < -0.39 is 11.6 Å². The lowest BCUT2D eigenvalue weighted by molar-refractivity contribution is -0.208. The molecule has 0 aliphatic carbocycles. The van der Waals surface area contributed by atoms with Crippen molar-refractivity contribution >= 4 is 17.7 Å². The van der Waals surface area contributed by atoms with Crippen LogP contribution < -0.4 is 0 Å². The second-order valence-electron chi connectivity index (χ2n) is 3.20. The summed E-state index contributed by atoms with van der Waals surface area (Å²) in [4.78, 5) is 3.57. The third-order valence-corrected chi connectivity index (χ3v) is 1.98. The number of alkyl halides is 3. The van der Waals surface area contributed by atoms with Crippen LogP contribution >= 0.6 is 12.6 Å². The van der Waals surface area contributed by atoms with Crippen molar-refractivity contribution in [3.8, 4) is 0 Å². The molecule has 72 valence electrons. The number of hydrogen-bond donors (Lipinski definition) is 1. The van der Waals surface area contributed by atoms with Crippen LogP contribution in [0.3, 0.4) is 0 Å². The van der Waals surface area contributed by atoms with Crippen molar-refractivity contribution in [1.82, 2.24) is 0 Å². The minimum absolute atomic E-state index is 0.171. The predicted octanol–water partition coefficient (Wildman–Crippen LogP) is 2.92. The van der Waals surface area contributed by atoms with Crippen LogP contribution in [0.5, 0.6) is 0 Å². The number of rotatable bonds is 2. The Morgan fingerprint density at radius 1 is 1.33 bits per heavy atom. The van der Waals surface area contributed by atoms with Gasteiger partial charge in [0.1, 0.15) is 0 Å². The largest absolute Gasteiger partial charge is 0.394 e. The van der Waals surface area contributed by atoms with E-state index >= 15 is 0 Å². The number of nitrogens with zero attached hydrogens (tertiary/aromatic N) is 1. The van der Waals surface area contributed by atoms with Gasteiger partial charge in [-0.15, -0.1) is 12.6 Å². The fraction of sp³-hybridized carbons (Fsp3) is 0.857. The highest BCUT2D eigenvalue weighted by atomic mass is 32.1. The summed E-state index contributed by atoms with van der Waals surface area (Å²) in [5.74, 6) is 0.